The smallest absolute Gasteiger partial charge is 0.216 e. The minimum Gasteiger partial charge on any atom is -0.395 e. The third kappa shape index (κ3) is 3.62. The summed E-state index contributed by atoms with van der Waals surface area (Å²) in [5.74, 6) is 0. The molecule has 0 saturated heterocycles. The van der Waals surface area contributed by atoms with E-state index >= 15 is 0 Å². The van der Waals surface area contributed by atoms with Crippen molar-refractivity contribution in [2.45, 2.75) is 18.7 Å². The molecule has 1 aromatic carbocycles. The molecule has 1 atom stereocenters. The Kier molecular flexibility index (Phi) is 4.26. The summed E-state index contributed by atoms with van der Waals surface area (Å²) in [6, 6.07) is 9.24. The van der Waals surface area contributed by atoms with Gasteiger partial charge in [-0.15, -0.1) is 0 Å². The highest BCUT2D eigenvalue weighted by atomic mass is 32.2. The lowest BCUT2D eigenvalue weighted by Gasteiger charge is -2.11. The number of sulfonamides is 1. The predicted molar refractivity (Wildman–Crippen MR) is 58.7 cm³/mol. The Morgan fingerprint density at radius 2 is 1.93 bits per heavy atom. The minimum atomic E-state index is -3.41. The van der Waals surface area contributed by atoms with Crippen molar-refractivity contribution in [2.24, 2.45) is 0 Å². The summed E-state index contributed by atoms with van der Waals surface area (Å²) in [4.78, 5) is 0. The lowest BCUT2D eigenvalue weighted by atomic mass is 10.2. The predicted octanol–water partition coefficient (Wildman–Crippen LogP) is 0.487. The Labute approximate surface area is 90.0 Å². The van der Waals surface area contributed by atoms with Crippen LogP contribution in [0, 0.1) is 0 Å². The van der Waals surface area contributed by atoms with Gasteiger partial charge in [-0.05, 0) is 12.5 Å². The summed E-state index contributed by atoms with van der Waals surface area (Å²) in [5, 5.41) is 7.97. The van der Waals surface area contributed by atoms with Gasteiger partial charge in [0.2, 0.25) is 10.0 Å². The van der Waals surface area contributed by atoms with E-state index in [1.807, 2.05) is 30.3 Å². The Bertz CT molecular complexity index is 388. The first-order chi connectivity index (χ1) is 7.06. The van der Waals surface area contributed by atoms with Crippen LogP contribution >= 0.6 is 0 Å². The number of benzene rings is 1. The topological polar surface area (TPSA) is 66.4 Å². The second-order valence-electron chi connectivity index (χ2n) is 3.34. The van der Waals surface area contributed by atoms with Crippen molar-refractivity contribution in [3.8, 4) is 0 Å². The van der Waals surface area contributed by atoms with Gasteiger partial charge >= 0.3 is 0 Å². The molecule has 0 spiro atoms. The van der Waals surface area contributed by atoms with E-state index in [4.69, 9.17) is 5.11 Å². The number of aliphatic hydroxyl groups excluding tert-OH is 1. The molecule has 1 unspecified atom stereocenters. The lowest BCUT2D eigenvalue weighted by molar-refractivity contribution is 0.294. The van der Waals surface area contributed by atoms with Gasteiger partial charge in [0.15, 0.2) is 0 Å². The van der Waals surface area contributed by atoms with Crippen LogP contribution < -0.4 is 4.72 Å². The van der Waals surface area contributed by atoms with Crippen LogP contribution in [0.25, 0.3) is 0 Å². The van der Waals surface area contributed by atoms with Crippen LogP contribution in [0.2, 0.25) is 0 Å². The zero-order chi connectivity index (χ0) is 11.3. The SMILES string of the molecule is CC(CO)S(=O)(=O)NCc1ccccc1. The van der Waals surface area contributed by atoms with E-state index in [1.165, 1.54) is 6.92 Å². The first-order valence-corrected chi connectivity index (χ1v) is 6.24. The molecule has 0 saturated carbocycles. The van der Waals surface area contributed by atoms with Crippen molar-refractivity contribution >= 4 is 10.0 Å². The summed E-state index contributed by atoms with van der Waals surface area (Å²) in [6.45, 7) is 1.35. The first-order valence-electron chi connectivity index (χ1n) is 4.69. The van der Waals surface area contributed by atoms with Gasteiger partial charge in [-0.2, -0.15) is 0 Å². The summed E-state index contributed by atoms with van der Waals surface area (Å²) in [5.41, 5.74) is 0.895. The van der Waals surface area contributed by atoms with E-state index in [9.17, 15) is 8.42 Å². The average Bonchev–Trinajstić information content (AvgIpc) is 2.27. The Morgan fingerprint density at radius 3 is 2.47 bits per heavy atom. The molecule has 0 radical (unpaired) electrons. The van der Waals surface area contributed by atoms with Crippen molar-refractivity contribution in [2.75, 3.05) is 6.61 Å². The third-order valence-electron chi connectivity index (χ3n) is 2.11. The van der Waals surface area contributed by atoms with Crippen LogP contribution in [0.5, 0.6) is 0 Å². The van der Waals surface area contributed by atoms with E-state index in [2.05, 4.69) is 4.72 Å². The third-order valence-corrected chi connectivity index (χ3v) is 3.86. The van der Waals surface area contributed by atoms with Crippen LogP contribution in [0.15, 0.2) is 30.3 Å². The van der Waals surface area contributed by atoms with Crippen LogP contribution in [-0.2, 0) is 16.6 Å². The van der Waals surface area contributed by atoms with Crippen LogP contribution in [0.1, 0.15) is 12.5 Å². The maximum Gasteiger partial charge on any atom is 0.216 e. The summed E-state index contributed by atoms with van der Waals surface area (Å²) in [6.07, 6.45) is 0. The molecular weight excluding hydrogens is 214 g/mol. The lowest BCUT2D eigenvalue weighted by Crippen LogP contribution is -2.34. The van der Waals surface area contributed by atoms with Crippen LogP contribution in [-0.4, -0.2) is 25.4 Å². The molecule has 0 aliphatic heterocycles. The van der Waals surface area contributed by atoms with Crippen molar-refractivity contribution in [3.63, 3.8) is 0 Å². The maximum absolute atomic E-state index is 11.5. The molecule has 0 aromatic heterocycles. The largest absolute Gasteiger partial charge is 0.395 e. The van der Waals surface area contributed by atoms with Crippen LogP contribution in [0.4, 0.5) is 0 Å². The molecule has 0 bridgehead atoms. The molecular formula is C10H15NO3S. The fourth-order valence-corrected chi connectivity index (χ4v) is 1.87. The van der Waals surface area contributed by atoms with E-state index in [0.717, 1.165) is 5.56 Å². The molecule has 0 fully saturated rings. The van der Waals surface area contributed by atoms with Crippen molar-refractivity contribution in [1.82, 2.24) is 4.72 Å². The van der Waals surface area contributed by atoms with E-state index in [-0.39, 0.29) is 13.2 Å². The van der Waals surface area contributed by atoms with Gasteiger partial charge in [0.1, 0.15) is 0 Å². The molecule has 1 aromatic rings. The van der Waals surface area contributed by atoms with Crippen molar-refractivity contribution < 1.29 is 13.5 Å². The summed E-state index contributed by atoms with van der Waals surface area (Å²) >= 11 is 0. The summed E-state index contributed by atoms with van der Waals surface area (Å²) in [7, 11) is -3.41. The standard InChI is InChI=1S/C10H15NO3S/c1-9(8-12)15(13,14)11-7-10-5-3-2-4-6-10/h2-6,9,11-12H,7-8H2,1H3. The van der Waals surface area contributed by atoms with Gasteiger partial charge in [-0.1, -0.05) is 30.3 Å². The number of hydrogen-bond acceptors (Lipinski definition) is 3. The molecule has 4 nitrogen and oxygen atoms in total. The highest BCUT2D eigenvalue weighted by Gasteiger charge is 2.18. The first kappa shape index (κ1) is 12.2. The average molecular weight is 229 g/mol. The number of aliphatic hydroxyl groups is 1. The molecule has 2 N–H and O–H groups in total. The molecule has 0 amide bonds. The molecule has 0 heterocycles. The monoisotopic (exact) mass is 229 g/mol. The number of rotatable bonds is 5. The van der Waals surface area contributed by atoms with E-state index < -0.39 is 15.3 Å². The summed E-state index contributed by atoms with van der Waals surface area (Å²) < 4.78 is 25.4. The highest BCUT2D eigenvalue weighted by Crippen LogP contribution is 2.01. The van der Waals surface area contributed by atoms with Gasteiger partial charge in [-0.3, -0.25) is 0 Å². The van der Waals surface area contributed by atoms with Gasteiger partial charge in [0.25, 0.3) is 0 Å². The van der Waals surface area contributed by atoms with E-state index in [0.29, 0.717) is 0 Å². The Hall–Kier alpha value is -0.910. The molecule has 84 valence electrons. The van der Waals surface area contributed by atoms with Crippen molar-refractivity contribution in [3.05, 3.63) is 35.9 Å². The van der Waals surface area contributed by atoms with Gasteiger partial charge < -0.3 is 5.11 Å². The maximum atomic E-state index is 11.5. The zero-order valence-electron chi connectivity index (χ0n) is 8.55. The highest BCUT2D eigenvalue weighted by molar-refractivity contribution is 7.90. The van der Waals surface area contributed by atoms with Crippen molar-refractivity contribution in [1.29, 1.82) is 0 Å². The Morgan fingerprint density at radius 1 is 1.33 bits per heavy atom. The normalized spacial score (nSPS) is 13.7. The molecule has 15 heavy (non-hydrogen) atoms. The number of hydrogen-bond donors (Lipinski definition) is 2. The van der Waals surface area contributed by atoms with Crippen LogP contribution in [0.3, 0.4) is 0 Å². The molecule has 0 aliphatic rings. The second kappa shape index (κ2) is 5.25. The minimum absolute atomic E-state index is 0.257. The quantitative estimate of drug-likeness (QED) is 0.772. The number of nitrogens with one attached hydrogen (secondary N) is 1. The second-order valence-corrected chi connectivity index (χ2v) is 5.53. The van der Waals surface area contributed by atoms with Gasteiger partial charge in [-0.25, -0.2) is 13.1 Å². The van der Waals surface area contributed by atoms with Gasteiger partial charge in [0.05, 0.1) is 11.9 Å². The fraction of sp³-hybridized carbons (Fsp3) is 0.400. The Balaban J connectivity index is 2.58. The molecule has 1 rings (SSSR count). The molecule has 0 aliphatic carbocycles. The fourth-order valence-electron chi connectivity index (χ4n) is 1.02. The van der Waals surface area contributed by atoms with E-state index in [1.54, 1.807) is 0 Å². The van der Waals surface area contributed by atoms with Gasteiger partial charge in [0, 0.05) is 6.54 Å². The molecule has 5 heteroatoms. The zero-order valence-corrected chi connectivity index (χ0v) is 9.37.